The Bertz CT molecular complexity index is 1200. The Kier molecular flexibility index (Phi) is 2.74. The van der Waals surface area contributed by atoms with Crippen molar-refractivity contribution in [1.82, 2.24) is 9.97 Å². The number of aryl methyl sites for hydroxylation is 1. The maximum Gasteiger partial charge on any atom is 0.139 e. The van der Waals surface area contributed by atoms with Crippen molar-refractivity contribution in [3.63, 3.8) is 0 Å². The highest BCUT2D eigenvalue weighted by Crippen LogP contribution is 2.39. The maximum absolute atomic E-state index is 4.89. The molecule has 3 aromatic carbocycles. The van der Waals surface area contributed by atoms with Gasteiger partial charge in [-0.1, -0.05) is 60.7 Å². The predicted octanol–water partition coefficient (Wildman–Crippen LogP) is 5.84. The number of fused-ring (bicyclic) bond motifs is 4. The van der Waals surface area contributed by atoms with Crippen molar-refractivity contribution in [2.75, 3.05) is 0 Å². The first-order valence-corrected chi connectivity index (χ1v) is 8.18. The lowest BCUT2D eigenvalue weighted by Crippen LogP contribution is -1.88. The van der Waals surface area contributed by atoms with E-state index in [0.717, 1.165) is 16.7 Å². The van der Waals surface area contributed by atoms with Gasteiger partial charge in [-0.05, 0) is 30.2 Å². The molecule has 0 amide bonds. The second kappa shape index (κ2) is 4.93. The summed E-state index contributed by atoms with van der Waals surface area (Å²) in [4.78, 5) is 8.40. The van der Waals surface area contributed by atoms with E-state index in [9.17, 15) is 0 Å². The quantitative estimate of drug-likeness (QED) is 0.414. The summed E-state index contributed by atoms with van der Waals surface area (Å²) in [5, 5.41) is 3.68. The van der Waals surface area contributed by atoms with Crippen LogP contribution in [0.4, 0.5) is 0 Å². The number of pyridine rings is 1. The van der Waals surface area contributed by atoms with E-state index < -0.39 is 0 Å². The molecule has 2 nitrogen and oxygen atoms in total. The average Bonchev–Trinajstić information content (AvgIpc) is 2.99. The highest BCUT2D eigenvalue weighted by molar-refractivity contribution is 6.20. The topological polar surface area (TPSA) is 28.7 Å². The van der Waals surface area contributed by atoms with Gasteiger partial charge in [0, 0.05) is 27.2 Å². The second-order valence-electron chi connectivity index (χ2n) is 6.22. The summed E-state index contributed by atoms with van der Waals surface area (Å²) in [6.45, 7) is 2.17. The summed E-state index contributed by atoms with van der Waals surface area (Å²) in [7, 11) is 0. The minimum atomic E-state index is 0.955. The molecular formula is C22H16N2. The van der Waals surface area contributed by atoms with E-state index >= 15 is 0 Å². The fourth-order valence-electron chi connectivity index (χ4n) is 3.68. The zero-order valence-corrected chi connectivity index (χ0v) is 13.4. The van der Waals surface area contributed by atoms with Crippen LogP contribution in [0.1, 0.15) is 5.56 Å². The number of benzene rings is 3. The standard InChI is InChI=1S/C22H16N2/c1-14-8-7-13-18-19(14)21-20(15-9-3-2-4-10-15)16-11-5-6-12-17(16)23-22(21)24-18/h2-13H,1H3,(H,23,24). The number of hydrogen-bond acceptors (Lipinski definition) is 1. The third kappa shape index (κ3) is 1.80. The third-order valence-corrected chi connectivity index (χ3v) is 4.73. The van der Waals surface area contributed by atoms with Crippen LogP contribution >= 0.6 is 0 Å². The van der Waals surface area contributed by atoms with Crippen molar-refractivity contribution in [3.05, 3.63) is 78.4 Å². The Morgan fingerprint density at radius 2 is 1.54 bits per heavy atom. The van der Waals surface area contributed by atoms with E-state index in [0.29, 0.717) is 0 Å². The minimum absolute atomic E-state index is 0.955. The summed E-state index contributed by atoms with van der Waals surface area (Å²) < 4.78 is 0. The first-order chi connectivity index (χ1) is 11.8. The minimum Gasteiger partial charge on any atom is -0.339 e. The Morgan fingerprint density at radius 3 is 2.42 bits per heavy atom. The molecule has 24 heavy (non-hydrogen) atoms. The molecule has 0 unspecified atom stereocenters. The van der Waals surface area contributed by atoms with Crippen molar-refractivity contribution in [2.45, 2.75) is 6.92 Å². The van der Waals surface area contributed by atoms with Gasteiger partial charge >= 0.3 is 0 Å². The van der Waals surface area contributed by atoms with E-state index in [1.165, 1.54) is 32.8 Å². The zero-order valence-electron chi connectivity index (χ0n) is 13.4. The summed E-state index contributed by atoms with van der Waals surface area (Å²) in [6, 6.07) is 25.4. The molecule has 2 heterocycles. The Balaban J connectivity index is 2.10. The van der Waals surface area contributed by atoms with Crippen LogP contribution in [-0.2, 0) is 0 Å². The van der Waals surface area contributed by atoms with Crippen LogP contribution in [0.25, 0.3) is 44.0 Å². The number of hydrogen-bond donors (Lipinski definition) is 1. The van der Waals surface area contributed by atoms with Crippen LogP contribution in [0.5, 0.6) is 0 Å². The number of aromatic amines is 1. The molecule has 1 N–H and O–H groups in total. The number of nitrogens with one attached hydrogen (secondary N) is 1. The molecule has 0 fully saturated rings. The lowest BCUT2D eigenvalue weighted by Gasteiger charge is -2.10. The molecule has 0 saturated carbocycles. The highest BCUT2D eigenvalue weighted by Gasteiger charge is 2.16. The first-order valence-electron chi connectivity index (χ1n) is 8.18. The largest absolute Gasteiger partial charge is 0.339 e. The van der Waals surface area contributed by atoms with Crippen molar-refractivity contribution < 1.29 is 0 Å². The fraction of sp³-hybridized carbons (Fsp3) is 0.0455. The Hall–Kier alpha value is -3.13. The van der Waals surface area contributed by atoms with Crippen LogP contribution in [-0.4, -0.2) is 9.97 Å². The summed E-state index contributed by atoms with van der Waals surface area (Å²) >= 11 is 0. The number of aromatic nitrogens is 2. The molecule has 0 aliphatic rings. The van der Waals surface area contributed by atoms with Gasteiger partial charge in [0.25, 0.3) is 0 Å². The molecule has 2 heteroatoms. The molecule has 0 aliphatic heterocycles. The lowest BCUT2D eigenvalue weighted by atomic mass is 9.95. The van der Waals surface area contributed by atoms with E-state index in [-0.39, 0.29) is 0 Å². The number of rotatable bonds is 1. The van der Waals surface area contributed by atoms with Gasteiger partial charge in [0.05, 0.1) is 5.52 Å². The Labute approximate surface area is 139 Å². The lowest BCUT2D eigenvalue weighted by molar-refractivity contribution is 1.40. The number of H-pyrrole nitrogens is 1. The van der Waals surface area contributed by atoms with E-state index in [1.807, 2.05) is 6.07 Å². The van der Waals surface area contributed by atoms with Crippen LogP contribution in [0, 0.1) is 6.92 Å². The van der Waals surface area contributed by atoms with E-state index in [2.05, 4.69) is 78.6 Å². The molecule has 0 radical (unpaired) electrons. The molecule has 0 spiro atoms. The van der Waals surface area contributed by atoms with Gasteiger partial charge in [0.15, 0.2) is 0 Å². The van der Waals surface area contributed by atoms with Crippen LogP contribution in [0.15, 0.2) is 72.8 Å². The smallest absolute Gasteiger partial charge is 0.139 e. The van der Waals surface area contributed by atoms with E-state index in [4.69, 9.17) is 4.98 Å². The van der Waals surface area contributed by atoms with Gasteiger partial charge < -0.3 is 4.98 Å². The zero-order chi connectivity index (χ0) is 16.1. The SMILES string of the molecule is Cc1cccc2[nH]c3nc4ccccc4c(-c4ccccc4)c3c12. The molecular weight excluding hydrogens is 292 g/mol. The van der Waals surface area contributed by atoms with Gasteiger partial charge in [-0.15, -0.1) is 0 Å². The van der Waals surface area contributed by atoms with E-state index in [1.54, 1.807) is 0 Å². The molecule has 5 rings (SSSR count). The van der Waals surface area contributed by atoms with Crippen LogP contribution in [0.3, 0.4) is 0 Å². The highest BCUT2D eigenvalue weighted by atomic mass is 14.9. The monoisotopic (exact) mass is 308 g/mol. The van der Waals surface area contributed by atoms with Gasteiger partial charge in [-0.3, -0.25) is 0 Å². The van der Waals surface area contributed by atoms with Gasteiger partial charge in [-0.2, -0.15) is 0 Å². The van der Waals surface area contributed by atoms with Crippen molar-refractivity contribution >= 4 is 32.8 Å². The molecule has 0 saturated heterocycles. The van der Waals surface area contributed by atoms with Crippen molar-refractivity contribution in [3.8, 4) is 11.1 Å². The van der Waals surface area contributed by atoms with Crippen LogP contribution < -0.4 is 0 Å². The fourth-order valence-corrected chi connectivity index (χ4v) is 3.68. The summed E-state index contributed by atoms with van der Waals surface area (Å²) in [5.41, 5.74) is 6.88. The molecule has 114 valence electrons. The normalized spacial score (nSPS) is 11.5. The molecule has 5 aromatic rings. The third-order valence-electron chi connectivity index (χ3n) is 4.73. The molecule has 0 aliphatic carbocycles. The van der Waals surface area contributed by atoms with Gasteiger partial charge in [-0.25, -0.2) is 4.98 Å². The summed E-state index contributed by atoms with van der Waals surface area (Å²) in [6.07, 6.45) is 0. The van der Waals surface area contributed by atoms with Gasteiger partial charge in [0.2, 0.25) is 0 Å². The first kappa shape index (κ1) is 13.3. The van der Waals surface area contributed by atoms with Gasteiger partial charge in [0.1, 0.15) is 5.65 Å². The van der Waals surface area contributed by atoms with Crippen LogP contribution in [0.2, 0.25) is 0 Å². The number of nitrogens with zero attached hydrogens (tertiary/aromatic N) is 1. The van der Waals surface area contributed by atoms with Crippen molar-refractivity contribution in [1.29, 1.82) is 0 Å². The van der Waals surface area contributed by atoms with Crippen molar-refractivity contribution in [2.24, 2.45) is 0 Å². The summed E-state index contributed by atoms with van der Waals surface area (Å²) in [5.74, 6) is 0. The second-order valence-corrected chi connectivity index (χ2v) is 6.22. The molecule has 0 bridgehead atoms. The number of para-hydroxylation sites is 1. The Morgan fingerprint density at radius 1 is 0.750 bits per heavy atom. The molecule has 0 atom stereocenters. The molecule has 2 aromatic heterocycles. The predicted molar refractivity (Wildman–Crippen MR) is 101 cm³/mol. The average molecular weight is 308 g/mol. The maximum atomic E-state index is 4.89.